The summed E-state index contributed by atoms with van der Waals surface area (Å²) < 4.78 is 0. The lowest BCUT2D eigenvalue weighted by molar-refractivity contribution is -0.139. The molecule has 1 aromatic rings. The van der Waals surface area contributed by atoms with Crippen molar-refractivity contribution in [1.29, 1.82) is 0 Å². The van der Waals surface area contributed by atoms with Crippen LogP contribution in [0.1, 0.15) is 25.3 Å². The Morgan fingerprint density at radius 3 is 2.21 bits per heavy atom. The first-order chi connectivity index (χ1) is 11.5. The van der Waals surface area contributed by atoms with Crippen molar-refractivity contribution in [2.75, 3.05) is 32.7 Å². The van der Waals surface area contributed by atoms with Crippen molar-refractivity contribution < 1.29 is 9.59 Å². The van der Waals surface area contributed by atoms with Crippen LogP contribution in [0.15, 0.2) is 24.3 Å². The van der Waals surface area contributed by atoms with E-state index in [0.29, 0.717) is 38.8 Å². The van der Waals surface area contributed by atoms with Crippen molar-refractivity contribution in [3.05, 3.63) is 34.9 Å². The molecule has 1 aliphatic carbocycles. The highest BCUT2D eigenvalue weighted by molar-refractivity contribution is 6.30. The number of amides is 2. The maximum absolute atomic E-state index is 12.6. The molecule has 6 heteroatoms. The fourth-order valence-electron chi connectivity index (χ4n) is 3.12. The van der Waals surface area contributed by atoms with E-state index >= 15 is 0 Å². The molecule has 2 amide bonds. The van der Waals surface area contributed by atoms with Gasteiger partial charge in [-0.1, -0.05) is 23.7 Å². The lowest BCUT2D eigenvalue weighted by Crippen LogP contribution is -2.52. The molecular formula is C18H24ClN3O2. The SMILES string of the molecule is CC(=O)N1CCN(C(=O)CN(Cc2ccc(Cl)cc2)C2CC2)CC1. The van der Waals surface area contributed by atoms with Gasteiger partial charge in [0.05, 0.1) is 6.54 Å². The average molecular weight is 350 g/mol. The van der Waals surface area contributed by atoms with Crippen LogP contribution in [0.5, 0.6) is 0 Å². The quantitative estimate of drug-likeness (QED) is 0.816. The number of benzene rings is 1. The van der Waals surface area contributed by atoms with E-state index in [1.54, 1.807) is 11.8 Å². The highest BCUT2D eigenvalue weighted by Crippen LogP contribution is 2.28. The largest absolute Gasteiger partial charge is 0.339 e. The maximum Gasteiger partial charge on any atom is 0.236 e. The highest BCUT2D eigenvalue weighted by atomic mass is 35.5. The second-order valence-electron chi connectivity index (χ2n) is 6.65. The molecule has 0 atom stereocenters. The minimum absolute atomic E-state index is 0.0874. The molecule has 1 heterocycles. The van der Waals surface area contributed by atoms with Gasteiger partial charge in [0.2, 0.25) is 11.8 Å². The van der Waals surface area contributed by atoms with Gasteiger partial charge >= 0.3 is 0 Å². The van der Waals surface area contributed by atoms with Crippen molar-refractivity contribution in [3.8, 4) is 0 Å². The summed E-state index contributed by atoms with van der Waals surface area (Å²) in [6, 6.07) is 8.35. The highest BCUT2D eigenvalue weighted by Gasteiger charge is 2.32. The predicted molar refractivity (Wildman–Crippen MR) is 93.7 cm³/mol. The van der Waals surface area contributed by atoms with Crippen LogP contribution in [0.4, 0.5) is 0 Å². The van der Waals surface area contributed by atoms with Gasteiger partial charge in [0.15, 0.2) is 0 Å². The first-order valence-corrected chi connectivity index (χ1v) is 8.92. The van der Waals surface area contributed by atoms with E-state index < -0.39 is 0 Å². The minimum Gasteiger partial charge on any atom is -0.339 e. The third-order valence-corrected chi connectivity index (χ3v) is 5.03. The normalized spacial score (nSPS) is 18.1. The number of nitrogens with zero attached hydrogens (tertiary/aromatic N) is 3. The molecule has 1 aromatic carbocycles. The molecule has 0 N–H and O–H groups in total. The Morgan fingerprint density at radius 1 is 1.08 bits per heavy atom. The van der Waals surface area contributed by atoms with Crippen molar-refractivity contribution in [3.63, 3.8) is 0 Å². The summed E-state index contributed by atoms with van der Waals surface area (Å²) in [5.74, 6) is 0.253. The molecule has 1 aliphatic heterocycles. The Bertz CT molecular complexity index is 593. The molecule has 5 nitrogen and oxygen atoms in total. The number of piperazine rings is 1. The van der Waals surface area contributed by atoms with Gasteiger partial charge in [-0.15, -0.1) is 0 Å². The summed E-state index contributed by atoms with van der Waals surface area (Å²) in [5, 5.41) is 0.733. The topological polar surface area (TPSA) is 43.9 Å². The molecule has 0 aromatic heterocycles. The number of carbonyl (C=O) groups excluding carboxylic acids is 2. The third kappa shape index (κ3) is 4.48. The monoisotopic (exact) mass is 349 g/mol. The van der Waals surface area contributed by atoms with Gasteiger partial charge in [-0.05, 0) is 30.5 Å². The van der Waals surface area contributed by atoms with Crippen LogP contribution in [-0.2, 0) is 16.1 Å². The van der Waals surface area contributed by atoms with Crippen molar-refractivity contribution in [1.82, 2.24) is 14.7 Å². The van der Waals surface area contributed by atoms with Gasteiger partial charge in [0.1, 0.15) is 0 Å². The lowest BCUT2D eigenvalue weighted by Gasteiger charge is -2.35. The van der Waals surface area contributed by atoms with Crippen LogP contribution in [0.3, 0.4) is 0 Å². The minimum atomic E-state index is 0.0874. The lowest BCUT2D eigenvalue weighted by atomic mass is 10.2. The van der Waals surface area contributed by atoms with Crippen molar-refractivity contribution in [2.24, 2.45) is 0 Å². The zero-order valence-electron chi connectivity index (χ0n) is 14.1. The zero-order chi connectivity index (χ0) is 17.1. The summed E-state index contributed by atoms with van der Waals surface area (Å²) in [6.45, 7) is 5.37. The third-order valence-electron chi connectivity index (χ3n) is 4.78. The van der Waals surface area contributed by atoms with Gasteiger partial charge in [-0.25, -0.2) is 0 Å². The predicted octanol–water partition coefficient (Wildman–Crippen LogP) is 2.00. The van der Waals surface area contributed by atoms with E-state index in [1.807, 2.05) is 29.2 Å². The van der Waals surface area contributed by atoms with Gasteiger partial charge in [0.25, 0.3) is 0 Å². The Kier molecular flexibility index (Phi) is 5.41. The van der Waals surface area contributed by atoms with Crippen LogP contribution >= 0.6 is 11.6 Å². The Labute approximate surface area is 148 Å². The standard InChI is InChI=1S/C18H24ClN3O2/c1-14(23)20-8-10-21(11-9-20)18(24)13-22(17-6-7-17)12-15-2-4-16(19)5-3-15/h2-5,17H,6-13H2,1H3. The summed E-state index contributed by atoms with van der Waals surface area (Å²) in [7, 11) is 0. The summed E-state index contributed by atoms with van der Waals surface area (Å²) in [5.41, 5.74) is 1.18. The molecule has 0 unspecified atom stereocenters. The Balaban J connectivity index is 1.55. The first kappa shape index (κ1) is 17.2. The molecular weight excluding hydrogens is 326 g/mol. The number of halogens is 1. The molecule has 2 aliphatic rings. The smallest absolute Gasteiger partial charge is 0.236 e. The number of hydrogen-bond acceptors (Lipinski definition) is 3. The van der Waals surface area contributed by atoms with Crippen LogP contribution < -0.4 is 0 Å². The first-order valence-electron chi connectivity index (χ1n) is 8.54. The molecule has 130 valence electrons. The number of rotatable bonds is 5. The van der Waals surface area contributed by atoms with Crippen LogP contribution in [0, 0.1) is 0 Å². The molecule has 0 spiro atoms. The zero-order valence-corrected chi connectivity index (χ0v) is 14.8. The van der Waals surface area contributed by atoms with E-state index in [4.69, 9.17) is 11.6 Å². The molecule has 1 saturated carbocycles. The molecule has 1 saturated heterocycles. The number of hydrogen-bond donors (Lipinski definition) is 0. The van der Waals surface area contributed by atoms with Crippen LogP contribution in [0.25, 0.3) is 0 Å². The van der Waals surface area contributed by atoms with Gasteiger partial charge in [-0.2, -0.15) is 0 Å². The van der Waals surface area contributed by atoms with Crippen LogP contribution in [-0.4, -0.2) is 65.3 Å². The van der Waals surface area contributed by atoms with Crippen molar-refractivity contribution >= 4 is 23.4 Å². The second-order valence-corrected chi connectivity index (χ2v) is 7.09. The van der Waals surface area contributed by atoms with E-state index in [9.17, 15) is 9.59 Å². The Morgan fingerprint density at radius 2 is 1.67 bits per heavy atom. The Hall–Kier alpha value is -1.59. The number of carbonyl (C=O) groups is 2. The van der Waals surface area contributed by atoms with Gasteiger partial charge in [0, 0.05) is 50.7 Å². The molecule has 24 heavy (non-hydrogen) atoms. The molecule has 0 radical (unpaired) electrons. The average Bonchev–Trinajstić information content (AvgIpc) is 3.41. The fraction of sp³-hybridized carbons (Fsp3) is 0.556. The second kappa shape index (κ2) is 7.53. The fourth-order valence-corrected chi connectivity index (χ4v) is 3.25. The van der Waals surface area contributed by atoms with Gasteiger partial charge < -0.3 is 9.80 Å². The summed E-state index contributed by atoms with van der Waals surface area (Å²) in [4.78, 5) is 30.0. The van der Waals surface area contributed by atoms with Gasteiger partial charge in [-0.3, -0.25) is 14.5 Å². The molecule has 3 rings (SSSR count). The van der Waals surface area contributed by atoms with E-state index in [0.717, 1.165) is 11.6 Å². The van der Waals surface area contributed by atoms with E-state index in [2.05, 4.69) is 4.90 Å². The molecule has 0 bridgehead atoms. The van der Waals surface area contributed by atoms with Crippen LogP contribution in [0.2, 0.25) is 5.02 Å². The summed E-state index contributed by atoms with van der Waals surface area (Å²) in [6.07, 6.45) is 2.33. The van der Waals surface area contributed by atoms with E-state index in [-0.39, 0.29) is 11.8 Å². The van der Waals surface area contributed by atoms with E-state index in [1.165, 1.54) is 18.4 Å². The van der Waals surface area contributed by atoms with Crippen molar-refractivity contribution in [2.45, 2.75) is 32.4 Å². The maximum atomic E-state index is 12.6. The molecule has 2 fully saturated rings. The summed E-state index contributed by atoms with van der Waals surface area (Å²) >= 11 is 5.94.